The fraction of sp³-hybridized carbons (Fsp3) is 0.310. The van der Waals surface area contributed by atoms with Crippen LogP contribution in [0.3, 0.4) is 0 Å². The smallest absolute Gasteiger partial charge is 0.243 e. The Kier molecular flexibility index (Phi) is 11.7. The van der Waals surface area contributed by atoms with Gasteiger partial charge in [-0.1, -0.05) is 71.2 Å². The summed E-state index contributed by atoms with van der Waals surface area (Å²) in [7, 11) is -3.62. The Hall–Kier alpha value is -2.78. The first-order valence-corrected chi connectivity index (χ1v) is 15.8. The van der Waals surface area contributed by atoms with Gasteiger partial charge in [-0.05, 0) is 55.3 Å². The van der Waals surface area contributed by atoms with Gasteiger partial charge < -0.3 is 10.2 Å². The van der Waals surface area contributed by atoms with E-state index in [0.29, 0.717) is 32.9 Å². The average molecular weight is 625 g/mol. The fourth-order valence-corrected chi connectivity index (χ4v) is 5.92. The summed E-state index contributed by atoms with van der Waals surface area (Å²) in [5.41, 5.74) is 1.86. The molecular weight excluding hydrogens is 593 g/mol. The first kappa shape index (κ1) is 31.7. The number of carbonyl (C=O) groups excluding carboxylic acids is 2. The lowest BCUT2D eigenvalue weighted by atomic mass is 10.0. The second-order valence-electron chi connectivity index (χ2n) is 9.24. The largest absolute Gasteiger partial charge is 0.355 e. The third kappa shape index (κ3) is 8.86. The van der Waals surface area contributed by atoms with Gasteiger partial charge >= 0.3 is 0 Å². The maximum Gasteiger partial charge on any atom is 0.243 e. The van der Waals surface area contributed by atoms with Crippen LogP contribution in [0.1, 0.15) is 30.9 Å². The molecule has 3 aromatic rings. The number of halogens is 3. The van der Waals surface area contributed by atoms with Crippen LogP contribution in [0.25, 0.3) is 0 Å². The van der Waals surface area contributed by atoms with Crippen LogP contribution < -0.4 is 9.62 Å². The van der Waals surface area contributed by atoms with Crippen LogP contribution in [-0.4, -0.2) is 50.5 Å². The summed E-state index contributed by atoms with van der Waals surface area (Å²) >= 11 is 18.9. The van der Waals surface area contributed by atoms with E-state index >= 15 is 0 Å². The van der Waals surface area contributed by atoms with E-state index in [-0.39, 0.29) is 44.2 Å². The van der Waals surface area contributed by atoms with Gasteiger partial charge in [0.05, 0.1) is 11.9 Å². The highest BCUT2D eigenvalue weighted by atomic mass is 35.5. The lowest BCUT2D eigenvalue weighted by Gasteiger charge is -2.32. The minimum absolute atomic E-state index is 0.00756. The van der Waals surface area contributed by atoms with E-state index in [1.807, 2.05) is 37.3 Å². The van der Waals surface area contributed by atoms with E-state index in [9.17, 15) is 18.0 Å². The maximum absolute atomic E-state index is 13.8. The number of nitrogens with zero attached hydrogens (tertiary/aromatic N) is 2. The Morgan fingerprint density at radius 3 is 2.10 bits per heavy atom. The number of hydrogen-bond donors (Lipinski definition) is 1. The number of sulfonamides is 1. The van der Waals surface area contributed by atoms with Crippen LogP contribution in [0, 0.1) is 0 Å². The number of carbonyl (C=O) groups is 2. The zero-order valence-corrected chi connectivity index (χ0v) is 25.4. The monoisotopic (exact) mass is 623 g/mol. The van der Waals surface area contributed by atoms with Crippen molar-refractivity contribution in [2.45, 2.75) is 38.8 Å². The van der Waals surface area contributed by atoms with E-state index in [4.69, 9.17) is 34.8 Å². The quantitative estimate of drug-likeness (QED) is 0.254. The molecule has 1 atom stereocenters. The molecule has 0 aliphatic heterocycles. The van der Waals surface area contributed by atoms with Crippen LogP contribution in [0.5, 0.6) is 0 Å². The highest BCUT2D eigenvalue weighted by Gasteiger charge is 2.31. The minimum Gasteiger partial charge on any atom is -0.355 e. The van der Waals surface area contributed by atoms with Crippen molar-refractivity contribution in [2.75, 3.05) is 23.7 Å². The van der Waals surface area contributed by atoms with Gasteiger partial charge in [0.25, 0.3) is 0 Å². The summed E-state index contributed by atoms with van der Waals surface area (Å²) in [5.74, 6) is -0.630. The fourth-order valence-electron chi connectivity index (χ4n) is 4.31. The predicted octanol–water partition coefficient (Wildman–Crippen LogP) is 5.97. The molecule has 0 spiro atoms. The highest BCUT2D eigenvalue weighted by Crippen LogP contribution is 2.28. The van der Waals surface area contributed by atoms with Crippen LogP contribution >= 0.6 is 34.8 Å². The molecular formula is C29H32Cl3N3O4S. The van der Waals surface area contributed by atoms with Gasteiger partial charge in [-0.15, -0.1) is 0 Å². The molecule has 214 valence electrons. The predicted molar refractivity (Wildman–Crippen MR) is 163 cm³/mol. The number of anilines is 1. The Bertz CT molecular complexity index is 1380. The summed E-state index contributed by atoms with van der Waals surface area (Å²) in [6, 6.07) is 20.1. The van der Waals surface area contributed by atoms with Crippen LogP contribution in [0.4, 0.5) is 5.69 Å². The van der Waals surface area contributed by atoms with E-state index < -0.39 is 16.1 Å². The summed E-state index contributed by atoms with van der Waals surface area (Å²) in [4.78, 5) is 28.6. The van der Waals surface area contributed by atoms with Crippen molar-refractivity contribution in [3.63, 3.8) is 0 Å². The SMILES string of the molecule is CCNC(=O)C(Cc1ccccc1)N(Cc1c(Cl)cccc1Cl)C(=O)CCCN(c1ccc(Cl)cc1)S(C)(=O)=O. The Morgan fingerprint density at radius 1 is 0.900 bits per heavy atom. The van der Waals surface area contributed by atoms with Gasteiger partial charge in [0.15, 0.2) is 0 Å². The number of nitrogens with one attached hydrogen (secondary N) is 1. The van der Waals surface area contributed by atoms with E-state index in [0.717, 1.165) is 11.8 Å². The molecule has 0 aliphatic rings. The molecule has 0 radical (unpaired) electrons. The third-order valence-corrected chi connectivity index (χ3v) is 8.43. The second kappa shape index (κ2) is 14.7. The maximum atomic E-state index is 13.8. The molecule has 0 fully saturated rings. The molecule has 0 aromatic heterocycles. The number of likely N-dealkylation sites (N-methyl/N-ethyl adjacent to an activating group) is 1. The molecule has 3 rings (SSSR count). The minimum atomic E-state index is -3.62. The zero-order chi connectivity index (χ0) is 29.3. The summed E-state index contributed by atoms with van der Waals surface area (Å²) in [5, 5.41) is 4.08. The molecule has 3 aromatic carbocycles. The number of hydrogen-bond acceptors (Lipinski definition) is 4. The van der Waals surface area contributed by atoms with Crippen LogP contribution in [0.2, 0.25) is 15.1 Å². The molecule has 0 saturated carbocycles. The summed E-state index contributed by atoms with van der Waals surface area (Å²) < 4.78 is 26.3. The van der Waals surface area contributed by atoms with Crippen molar-refractivity contribution in [3.8, 4) is 0 Å². The molecule has 1 N–H and O–H groups in total. The van der Waals surface area contributed by atoms with Crippen molar-refractivity contribution in [1.29, 1.82) is 0 Å². The Labute approximate surface area is 251 Å². The van der Waals surface area contributed by atoms with Crippen molar-refractivity contribution >= 4 is 62.3 Å². The zero-order valence-electron chi connectivity index (χ0n) is 22.3. The van der Waals surface area contributed by atoms with Crippen molar-refractivity contribution in [1.82, 2.24) is 10.2 Å². The number of rotatable bonds is 13. The number of amides is 2. The first-order valence-electron chi connectivity index (χ1n) is 12.8. The van der Waals surface area contributed by atoms with E-state index in [1.54, 1.807) is 42.5 Å². The van der Waals surface area contributed by atoms with Gasteiger partial charge in [0.2, 0.25) is 21.8 Å². The van der Waals surface area contributed by atoms with Crippen molar-refractivity contribution in [3.05, 3.63) is 99.0 Å². The first-order chi connectivity index (χ1) is 19.0. The van der Waals surface area contributed by atoms with Gasteiger partial charge in [-0.3, -0.25) is 13.9 Å². The van der Waals surface area contributed by atoms with Gasteiger partial charge in [0.1, 0.15) is 6.04 Å². The highest BCUT2D eigenvalue weighted by molar-refractivity contribution is 7.92. The van der Waals surface area contributed by atoms with Gasteiger partial charge in [0, 0.05) is 53.1 Å². The van der Waals surface area contributed by atoms with Crippen LogP contribution in [-0.2, 0) is 32.6 Å². The Morgan fingerprint density at radius 2 is 1.52 bits per heavy atom. The molecule has 11 heteroatoms. The molecule has 2 amide bonds. The van der Waals surface area contributed by atoms with Gasteiger partial charge in [-0.2, -0.15) is 0 Å². The molecule has 40 heavy (non-hydrogen) atoms. The van der Waals surface area contributed by atoms with Gasteiger partial charge in [-0.25, -0.2) is 8.42 Å². The number of benzene rings is 3. The van der Waals surface area contributed by atoms with E-state index in [2.05, 4.69) is 5.32 Å². The lowest BCUT2D eigenvalue weighted by Crippen LogP contribution is -2.50. The molecule has 0 bridgehead atoms. The summed E-state index contributed by atoms with van der Waals surface area (Å²) in [6.07, 6.45) is 1.60. The molecule has 0 heterocycles. The van der Waals surface area contributed by atoms with Crippen LogP contribution in [0.15, 0.2) is 72.8 Å². The third-order valence-electron chi connectivity index (χ3n) is 6.28. The molecule has 7 nitrogen and oxygen atoms in total. The Balaban J connectivity index is 1.90. The molecule has 1 unspecified atom stereocenters. The average Bonchev–Trinajstić information content (AvgIpc) is 2.90. The van der Waals surface area contributed by atoms with Crippen molar-refractivity contribution < 1.29 is 18.0 Å². The van der Waals surface area contributed by atoms with Crippen molar-refractivity contribution in [2.24, 2.45) is 0 Å². The van der Waals surface area contributed by atoms with E-state index in [1.165, 1.54) is 9.21 Å². The lowest BCUT2D eigenvalue weighted by molar-refractivity contribution is -0.141. The molecule has 0 saturated heterocycles. The summed E-state index contributed by atoms with van der Waals surface area (Å²) in [6.45, 7) is 2.28. The topological polar surface area (TPSA) is 86.8 Å². The molecule has 0 aliphatic carbocycles. The second-order valence-corrected chi connectivity index (χ2v) is 12.4. The standard InChI is InChI=1S/C29H32Cl3N3O4S/c1-3-33-29(37)27(19-21-9-5-4-6-10-21)34(20-24-25(31)11-7-12-26(24)32)28(36)13-8-18-35(40(2,38)39)23-16-14-22(30)15-17-23/h4-7,9-12,14-17,27H,3,8,13,18-20H2,1-2H3,(H,33,37). The normalized spacial score (nSPS) is 12.0.